The Kier molecular flexibility index (Phi) is 3.92. The summed E-state index contributed by atoms with van der Waals surface area (Å²) < 4.78 is 5.40. The smallest absolute Gasteiger partial charge is 0.414 e. The van der Waals surface area contributed by atoms with Crippen LogP contribution < -0.4 is 0 Å². The number of carbonyl (C=O) groups is 1. The van der Waals surface area contributed by atoms with Crippen molar-refractivity contribution in [2.75, 3.05) is 0 Å². The quantitative estimate of drug-likeness (QED) is 0.845. The molecule has 2 heterocycles. The van der Waals surface area contributed by atoms with Gasteiger partial charge in [0.2, 0.25) is 0 Å². The number of nitrogens with zero attached hydrogens (tertiary/aromatic N) is 2. The summed E-state index contributed by atoms with van der Waals surface area (Å²) in [5.41, 5.74) is 5.05. The predicted molar refractivity (Wildman–Crippen MR) is 84.9 cm³/mol. The van der Waals surface area contributed by atoms with Gasteiger partial charge in [-0.3, -0.25) is 9.88 Å². The van der Waals surface area contributed by atoms with Crippen LogP contribution in [-0.4, -0.2) is 16.0 Å². The molecule has 112 valence electrons. The Morgan fingerprint density at radius 3 is 2.86 bits per heavy atom. The van der Waals surface area contributed by atoms with Gasteiger partial charge in [-0.05, 0) is 37.1 Å². The van der Waals surface area contributed by atoms with Crippen LogP contribution in [0.1, 0.15) is 28.1 Å². The Hall–Kier alpha value is -2.62. The molecule has 4 nitrogen and oxygen atoms in total. The standard InChI is InChI=1S/C18H18N2O2/c1-13-7-8-17(14(2)19-13)12-22-18(21)20-10-9-15-5-3-4-6-16(15)11-20/h3-10H,11-12H2,1-2H3. The molecule has 0 fully saturated rings. The molecular formula is C18H18N2O2. The molecule has 1 aliphatic heterocycles. The molecule has 4 heteroatoms. The van der Waals surface area contributed by atoms with Gasteiger partial charge in [-0.15, -0.1) is 0 Å². The van der Waals surface area contributed by atoms with E-state index in [1.807, 2.05) is 56.3 Å². The van der Waals surface area contributed by atoms with Gasteiger partial charge in [0.05, 0.1) is 6.54 Å². The average molecular weight is 294 g/mol. The topological polar surface area (TPSA) is 42.4 Å². The first-order valence-corrected chi connectivity index (χ1v) is 7.26. The van der Waals surface area contributed by atoms with Gasteiger partial charge >= 0.3 is 6.09 Å². The van der Waals surface area contributed by atoms with Gasteiger partial charge in [-0.25, -0.2) is 4.79 Å². The Morgan fingerprint density at radius 2 is 2.05 bits per heavy atom. The Labute approximate surface area is 130 Å². The van der Waals surface area contributed by atoms with E-state index in [0.717, 1.165) is 28.1 Å². The minimum absolute atomic E-state index is 0.240. The summed E-state index contributed by atoms with van der Waals surface area (Å²) in [5, 5.41) is 0. The molecule has 0 aliphatic carbocycles. The molecule has 0 unspecified atom stereocenters. The molecule has 2 aromatic rings. The van der Waals surface area contributed by atoms with E-state index in [-0.39, 0.29) is 12.7 Å². The van der Waals surface area contributed by atoms with Gasteiger partial charge in [0.15, 0.2) is 0 Å². The van der Waals surface area contributed by atoms with Crippen LogP contribution in [0.25, 0.3) is 6.08 Å². The van der Waals surface area contributed by atoms with E-state index in [9.17, 15) is 4.79 Å². The lowest BCUT2D eigenvalue weighted by molar-refractivity contribution is 0.108. The lowest BCUT2D eigenvalue weighted by Gasteiger charge is -2.23. The van der Waals surface area contributed by atoms with Crippen LogP contribution >= 0.6 is 0 Å². The molecule has 22 heavy (non-hydrogen) atoms. The molecule has 0 N–H and O–H groups in total. The van der Waals surface area contributed by atoms with Gasteiger partial charge in [0.1, 0.15) is 6.61 Å². The molecule has 0 bridgehead atoms. The zero-order valence-corrected chi connectivity index (χ0v) is 12.7. The van der Waals surface area contributed by atoms with E-state index in [0.29, 0.717) is 6.54 Å². The molecule has 1 amide bonds. The SMILES string of the molecule is Cc1ccc(COC(=O)N2C=Cc3ccccc3C2)c(C)n1. The summed E-state index contributed by atoms with van der Waals surface area (Å²) in [6.45, 7) is 4.65. The Morgan fingerprint density at radius 1 is 1.23 bits per heavy atom. The fourth-order valence-corrected chi connectivity index (χ4v) is 2.46. The van der Waals surface area contributed by atoms with Gasteiger partial charge in [-0.1, -0.05) is 30.3 Å². The van der Waals surface area contributed by atoms with Crippen LogP contribution in [0.4, 0.5) is 4.79 Å². The van der Waals surface area contributed by atoms with Crippen LogP contribution in [0.15, 0.2) is 42.6 Å². The van der Waals surface area contributed by atoms with Crippen LogP contribution in [0.3, 0.4) is 0 Å². The van der Waals surface area contributed by atoms with Crippen molar-refractivity contribution < 1.29 is 9.53 Å². The number of hydrogen-bond donors (Lipinski definition) is 0. The van der Waals surface area contributed by atoms with Gasteiger partial charge in [0.25, 0.3) is 0 Å². The number of carbonyl (C=O) groups excluding carboxylic acids is 1. The van der Waals surface area contributed by atoms with Crippen molar-refractivity contribution in [1.29, 1.82) is 0 Å². The highest BCUT2D eigenvalue weighted by atomic mass is 16.6. The largest absolute Gasteiger partial charge is 0.444 e. The molecule has 3 rings (SSSR count). The zero-order valence-electron chi connectivity index (χ0n) is 12.7. The highest BCUT2D eigenvalue weighted by molar-refractivity contribution is 5.72. The first-order chi connectivity index (χ1) is 10.6. The number of hydrogen-bond acceptors (Lipinski definition) is 3. The summed E-state index contributed by atoms with van der Waals surface area (Å²) in [7, 11) is 0. The van der Waals surface area contributed by atoms with Crippen molar-refractivity contribution in [2.45, 2.75) is 27.0 Å². The van der Waals surface area contributed by atoms with E-state index in [1.165, 1.54) is 0 Å². The van der Waals surface area contributed by atoms with Crippen molar-refractivity contribution >= 4 is 12.2 Å². The molecular weight excluding hydrogens is 276 g/mol. The third-order valence-corrected chi connectivity index (χ3v) is 3.75. The summed E-state index contributed by atoms with van der Waals surface area (Å²) in [5.74, 6) is 0. The lowest BCUT2D eigenvalue weighted by Crippen LogP contribution is -2.28. The van der Waals surface area contributed by atoms with Crippen molar-refractivity contribution in [3.05, 3.63) is 70.7 Å². The number of aromatic nitrogens is 1. The van der Waals surface area contributed by atoms with Gasteiger partial charge in [-0.2, -0.15) is 0 Å². The highest BCUT2D eigenvalue weighted by Crippen LogP contribution is 2.20. The zero-order chi connectivity index (χ0) is 15.5. The van der Waals surface area contributed by atoms with Crippen LogP contribution in [0.2, 0.25) is 0 Å². The van der Waals surface area contributed by atoms with Crippen molar-refractivity contribution in [1.82, 2.24) is 9.88 Å². The second kappa shape index (κ2) is 6.02. The van der Waals surface area contributed by atoms with Crippen LogP contribution in [0.5, 0.6) is 0 Å². The first kappa shape index (κ1) is 14.3. The first-order valence-electron chi connectivity index (χ1n) is 7.26. The number of amides is 1. The number of pyridine rings is 1. The Bertz CT molecular complexity index is 738. The number of ether oxygens (including phenoxy) is 1. The molecule has 0 saturated carbocycles. The van der Waals surface area contributed by atoms with Crippen LogP contribution in [-0.2, 0) is 17.9 Å². The van der Waals surface area contributed by atoms with E-state index in [4.69, 9.17) is 4.74 Å². The molecule has 1 aromatic carbocycles. The number of aryl methyl sites for hydroxylation is 2. The maximum Gasteiger partial charge on any atom is 0.414 e. The maximum atomic E-state index is 12.2. The third kappa shape index (κ3) is 3.01. The van der Waals surface area contributed by atoms with Gasteiger partial charge in [0, 0.05) is 23.2 Å². The number of rotatable bonds is 2. The summed E-state index contributed by atoms with van der Waals surface area (Å²) in [4.78, 5) is 18.1. The maximum absolute atomic E-state index is 12.2. The van der Waals surface area contributed by atoms with E-state index in [1.54, 1.807) is 11.1 Å². The number of benzene rings is 1. The average Bonchev–Trinajstić information content (AvgIpc) is 2.53. The normalized spacial score (nSPS) is 12.9. The van der Waals surface area contributed by atoms with Crippen molar-refractivity contribution in [2.24, 2.45) is 0 Å². The lowest BCUT2D eigenvalue weighted by atomic mass is 10.1. The molecule has 0 saturated heterocycles. The fourth-order valence-electron chi connectivity index (χ4n) is 2.46. The minimum atomic E-state index is -0.342. The second-order valence-corrected chi connectivity index (χ2v) is 5.39. The van der Waals surface area contributed by atoms with Gasteiger partial charge < -0.3 is 4.74 Å². The molecule has 1 aromatic heterocycles. The van der Waals surface area contributed by atoms with E-state index >= 15 is 0 Å². The highest BCUT2D eigenvalue weighted by Gasteiger charge is 2.18. The fraction of sp³-hybridized carbons (Fsp3) is 0.222. The summed E-state index contributed by atoms with van der Waals surface area (Å²) >= 11 is 0. The van der Waals surface area contributed by atoms with Crippen LogP contribution in [0, 0.1) is 13.8 Å². The molecule has 0 atom stereocenters. The van der Waals surface area contributed by atoms with E-state index < -0.39 is 0 Å². The van der Waals surface area contributed by atoms with E-state index in [2.05, 4.69) is 4.98 Å². The summed E-state index contributed by atoms with van der Waals surface area (Å²) in [6.07, 6.45) is 3.36. The molecule has 1 aliphatic rings. The van der Waals surface area contributed by atoms with Crippen molar-refractivity contribution in [3.63, 3.8) is 0 Å². The molecule has 0 spiro atoms. The summed E-state index contributed by atoms with van der Waals surface area (Å²) in [6, 6.07) is 11.9. The number of fused-ring (bicyclic) bond motifs is 1. The Balaban J connectivity index is 1.64. The molecule has 0 radical (unpaired) electrons. The predicted octanol–water partition coefficient (Wildman–Crippen LogP) is 3.82. The minimum Gasteiger partial charge on any atom is -0.444 e. The van der Waals surface area contributed by atoms with Crippen molar-refractivity contribution in [3.8, 4) is 0 Å². The monoisotopic (exact) mass is 294 g/mol. The second-order valence-electron chi connectivity index (χ2n) is 5.39. The third-order valence-electron chi connectivity index (χ3n) is 3.75.